The number of nitrogens with one attached hydrogen (secondary N) is 2. The maximum atomic E-state index is 14.4. The number of ether oxygens (including phenoxy) is 2. The van der Waals surface area contributed by atoms with Gasteiger partial charge in [-0.05, 0) is 37.8 Å². The zero-order chi connectivity index (χ0) is 32.4. The second kappa shape index (κ2) is 13.7. The number of carbonyl (C=O) groups excluding carboxylic acids is 1. The van der Waals surface area contributed by atoms with Crippen LogP contribution in [0.25, 0.3) is 10.8 Å². The lowest BCUT2D eigenvalue weighted by atomic mass is 10.1. The van der Waals surface area contributed by atoms with Crippen molar-refractivity contribution in [1.82, 2.24) is 14.6 Å². The number of rotatable bonds is 11. The van der Waals surface area contributed by atoms with Crippen LogP contribution in [-0.4, -0.2) is 45.0 Å². The minimum atomic E-state index is -4.45. The highest BCUT2D eigenvalue weighted by Gasteiger charge is 2.47. The number of hydrogen-bond acceptors (Lipinski definition) is 9. The Labute approximate surface area is 264 Å². The van der Waals surface area contributed by atoms with Crippen molar-refractivity contribution in [3.63, 3.8) is 0 Å². The largest absolute Gasteiger partial charge is 0.459 e. The van der Waals surface area contributed by atoms with E-state index >= 15 is 0 Å². The molecule has 3 N–H and O–H groups in total. The summed E-state index contributed by atoms with van der Waals surface area (Å²) in [5.41, 5.74) is -4.55. The van der Waals surface area contributed by atoms with Gasteiger partial charge in [0.2, 0.25) is 5.82 Å². The molecule has 0 saturated carbocycles. The number of nitrogens with zero attached hydrogens (tertiary/aromatic N) is 1. The van der Waals surface area contributed by atoms with Crippen molar-refractivity contribution in [2.75, 3.05) is 6.61 Å². The Morgan fingerprint density at radius 1 is 1.13 bits per heavy atom. The molecule has 1 fully saturated rings. The fourth-order valence-electron chi connectivity index (χ4n) is 5.02. The molecule has 12 nitrogen and oxygen atoms in total. The van der Waals surface area contributed by atoms with Gasteiger partial charge in [0.05, 0.1) is 18.9 Å². The second-order valence-corrected chi connectivity index (χ2v) is 13.0. The molecule has 246 valence electrons. The number of benzene rings is 3. The zero-order valence-electron chi connectivity index (χ0n) is 24.8. The maximum absolute atomic E-state index is 14.4. The molecule has 46 heavy (non-hydrogen) atoms. The third-order valence-electron chi connectivity index (χ3n) is 7.35. The van der Waals surface area contributed by atoms with Gasteiger partial charge in [-0.25, -0.2) is 9.36 Å². The highest BCUT2D eigenvalue weighted by Crippen LogP contribution is 2.49. The highest BCUT2D eigenvalue weighted by atomic mass is 31.2. The van der Waals surface area contributed by atoms with E-state index in [1.165, 1.54) is 20.8 Å². The lowest BCUT2D eigenvalue weighted by molar-refractivity contribution is -0.151. The van der Waals surface area contributed by atoms with E-state index in [0.717, 1.165) is 15.5 Å². The van der Waals surface area contributed by atoms with Crippen LogP contribution < -0.4 is 20.9 Å². The number of halogens is 1. The average molecular weight is 658 g/mol. The van der Waals surface area contributed by atoms with Crippen molar-refractivity contribution in [2.45, 2.75) is 64.7 Å². The number of aliphatic hydroxyl groups is 1. The van der Waals surface area contributed by atoms with Crippen LogP contribution in [0.5, 0.6) is 5.75 Å². The predicted octanol–water partition coefficient (Wildman–Crippen LogP) is 4.60. The van der Waals surface area contributed by atoms with Gasteiger partial charge in [0.1, 0.15) is 29.7 Å². The quantitative estimate of drug-likeness (QED) is 0.154. The Balaban J connectivity index is 0.00000480. The van der Waals surface area contributed by atoms with Crippen LogP contribution in [0.15, 0.2) is 88.6 Å². The van der Waals surface area contributed by atoms with Crippen LogP contribution in [0.2, 0.25) is 0 Å². The van der Waals surface area contributed by atoms with Gasteiger partial charge in [-0.1, -0.05) is 74.2 Å². The first-order chi connectivity index (χ1) is 21.3. The van der Waals surface area contributed by atoms with Crippen LogP contribution in [0.3, 0.4) is 0 Å². The first kappa shape index (κ1) is 34.7. The summed E-state index contributed by atoms with van der Waals surface area (Å²) in [6.45, 7) is 3.79. The van der Waals surface area contributed by atoms with E-state index < -0.39 is 60.9 Å². The lowest BCUT2D eigenvalue weighted by Crippen LogP contribution is -2.47. The summed E-state index contributed by atoms with van der Waals surface area (Å²) in [5.74, 6) is -1.75. The van der Waals surface area contributed by atoms with Gasteiger partial charge in [0.15, 0.2) is 0 Å². The summed E-state index contributed by atoms with van der Waals surface area (Å²) in [6, 6.07) is 21.4. The predicted molar refractivity (Wildman–Crippen MR) is 169 cm³/mol. The first-order valence-corrected chi connectivity index (χ1v) is 15.6. The molecular weight excluding hydrogens is 620 g/mol. The highest BCUT2D eigenvalue weighted by molar-refractivity contribution is 7.52. The topological polar surface area (TPSA) is 158 Å². The number of aromatic nitrogens is 2. The van der Waals surface area contributed by atoms with Gasteiger partial charge in [0.25, 0.3) is 5.56 Å². The molecule has 14 heteroatoms. The van der Waals surface area contributed by atoms with Gasteiger partial charge in [0, 0.05) is 11.8 Å². The Bertz CT molecular complexity index is 1860. The number of H-pyrrole nitrogens is 1. The molecule has 0 amide bonds. The number of carbonyl (C=O) groups is 1. The SMILES string of the molecule is C.CC(C)(NP(=O)(OC[C@H]1O[C@@](C)(n2cc(F)c(=O)[nH]c2=O)CC1O)Oc1cccc2ccccc12)C(=O)OCc1ccccc1. The van der Waals surface area contributed by atoms with Crippen molar-refractivity contribution in [1.29, 1.82) is 0 Å². The fraction of sp³-hybridized carbons (Fsp3) is 0.344. The van der Waals surface area contributed by atoms with E-state index in [2.05, 4.69) is 5.09 Å². The van der Waals surface area contributed by atoms with Crippen LogP contribution in [0.4, 0.5) is 4.39 Å². The molecule has 4 aromatic rings. The van der Waals surface area contributed by atoms with Gasteiger partial charge >= 0.3 is 19.4 Å². The van der Waals surface area contributed by atoms with Gasteiger partial charge in [-0.2, -0.15) is 9.48 Å². The summed E-state index contributed by atoms with van der Waals surface area (Å²) in [7, 11) is -4.45. The number of esters is 1. The van der Waals surface area contributed by atoms with Gasteiger partial charge in [-0.3, -0.25) is 23.7 Å². The summed E-state index contributed by atoms with van der Waals surface area (Å²) in [6.07, 6.45) is -1.93. The van der Waals surface area contributed by atoms with E-state index in [0.29, 0.717) is 11.6 Å². The van der Waals surface area contributed by atoms with Crippen molar-refractivity contribution in [3.8, 4) is 5.75 Å². The normalized spacial score (nSPS) is 20.9. The molecule has 0 spiro atoms. The summed E-state index contributed by atoms with van der Waals surface area (Å²) >= 11 is 0. The molecule has 0 aliphatic carbocycles. The summed E-state index contributed by atoms with van der Waals surface area (Å²) < 4.78 is 52.4. The zero-order valence-corrected chi connectivity index (χ0v) is 25.7. The summed E-state index contributed by atoms with van der Waals surface area (Å²) in [5, 5.41) is 14.9. The van der Waals surface area contributed by atoms with E-state index in [-0.39, 0.29) is 26.2 Å². The van der Waals surface area contributed by atoms with Crippen molar-refractivity contribution < 1.29 is 37.4 Å². The lowest BCUT2D eigenvalue weighted by Gasteiger charge is -2.30. The molecule has 0 radical (unpaired) electrons. The Morgan fingerprint density at radius 2 is 1.80 bits per heavy atom. The van der Waals surface area contributed by atoms with E-state index in [9.17, 15) is 28.4 Å². The second-order valence-electron chi connectivity index (χ2n) is 11.4. The minimum Gasteiger partial charge on any atom is -0.459 e. The Morgan fingerprint density at radius 3 is 2.54 bits per heavy atom. The molecule has 2 heterocycles. The van der Waals surface area contributed by atoms with Gasteiger partial charge in [-0.15, -0.1) is 0 Å². The third kappa shape index (κ3) is 7.63. The monoisotopic (exact) mass is 657 g/mol. The van der Waals surface area contributed by atoms with Crippen molar-refractivity contribution >= 4 is 24.5 Å². The van der Waals surface area contributed by atoms with Crippen LogP contribution in [-0.2, 0) is 35.7 Å². The van der Waals surface area contributed by atoms with E-state index in [4.69, 9.17) is 18.5 Å². The molecule has 2 unspecified atom stereocenters. The van der Waals surface area contributed by atoms with Crippen molar-refractivity contribution in [3.05, 3.63) is 111 Å². The minimum absolute atomic E-state index is 0. The standard InChI is InChI=1S/C31H33FN3O9P.CH4/c1-30(2,28(38)41-18-20-10-5-4-6-11-20)34-45(40,44-25-15-9-13-21-12-7-8-14-22(21)25)42-19-26-24(36)16-31(3,43-26)35-17-23(32)27(37)33-29(35)39;/h4-15,17,24,26,36H,16,18-19H2,1-3H3,(H,34,40)(H,33,37,39);1H4/t24?,26-,31-,45?;/m1./s1. The molecule has 1 aliphatic heterocycles. The number of fused-ring (bicyclic) bond motifs is 1. The number of hydrogen-bond donors (Lipinski definition) is 3. The van der Waals surface area contributed by atoms with E-state index in [1.54, 1.807) is 48.5 Å². The molecule has 1 aromatic heterocycles. The molecule has 1 aliphatic rings. The molecule has 0 bridgehead atoms. The molecule has 1 saturated heterocycles. The molecule has 5 rings (SSSR count). The fourth-order valence-corrected chi connectivity index (χ4v) is 6.72. The molecule has 4 atom stereocenters. The Hall–Kier alpha value is -4.13. The summed E-state index contributed by atoms with van der Waals surface area (Å²) in [4.78, 5) is 38.9. The van der Waals surface area contributed by atoms with Crippen LogP contribution in [0.1, 0.15) is 40.2 Å². The van der Waals surface area contributed by atoms with Crippen LogP contribution in [0, 0.1) is 5.82 Å². The number of aromatic amines is 1. The maximum Gasteiger partial charge on any atom is 0.459 e. The third-order valence-corrected chi connectivity index (χ3v) is 9.11. The first-order valence-electron chi connectivity index (χ1n) is 14.1. The van der Waals surface area contributed by atoms with E-state index in [1.807, 2.05) is 29.2 Å². The van der Waals surface area contributed by atoms with Crippen LogP contribution >= 0.6 is 7.75 Å². The average Bonchev–Trinajstić information content (AvgIpc) is 3.30. The number of aliphatic hydroxyl groups excluding tert-OH is 1. The van der Waals surface area contributed by atoms with Gasteiger partial charge < -0.3 is 19.1 Å². The molecular formula is C32H37FN3O9P. The molecule has 3 aromatic carbocycles. The Kier molecular flexibility index (Phi) is 10.3. The smallest absolute Gasteiger partial charge is 0.459 e. The van der Waals surface area contributed by atoms with Crippen molar-refractivity contribution in [2.24, 2.45) is 0 Å².